The minimum atomic E-state index is -3.75. The van der Waals surface area contributed by atoms with Gasteiger partial charge in [0.15, 0.2) is 0 Å². The van der Waals surface area contributed by atoms with Crippen molar-refractivity contribution in [3.63, 3.8) is 0 Å². The molecule has 1 fully saturated rings. The number of hydrogen-bond donors (Lipinski definition) is 2. The third kappa shape index (κ3) is 3.53. The maximum Gasteiger partial charge on any atom is 0.250 e. The van der Waals surface area contributed by atoms with Gasteiger partial charge in [0.1, 0.15) is 15.2 Å². The van der Waals surface area contributed by atoms with Crippen LogP contribution in [-0.4, -0.2) is 26.4 Å². The Balaban J connectivity index is 2.03. The largest absolute Gasteiger partial charge is 0.352 e. The Kier molecular flexibility index (Phi) is 3.89. The van der Waals surface area contributed by atoms with Crippen molar-refractivity contribution in [3.05, 3.63) is 17.0 Å². The molecular weight excluding hydrogens is 286 g/mol. The molecule has 8 heteroatoms. The van der Waals surface area contributed by atoms with Gasteiger partial charge in [0, 0.05) is 6.04 Å². The second kappa shape index (κ2) is 5.28. The Morgan fingerprint density at radius 2 is 2.21 bits per heavy atom. The van der Waals surface area contributed by atoms with Crippen molar-refractivity contribution in [2.75, 3.05) is 0 Å². The fourth-order valence-electron chi connectivity index (χ4n) is 1.42. The monoisotopic (exact) mass is 299 g/mol. The van der Waals surface area contributed by atoms with Crippen molar-refractivity contribution in [2.45, 2.75) is 36.1 Å². The number of carbonyl (C=O) groups excluding carboxylic acids is 1. The van der Waals surface area contributed by atoms with Crippen molar-refractivity contribution >= 4 is 27.3 Å². The van der Waals surface area contributed by atoms with Gasteiger partial charge in [-0.2, -0.15) is 9.98 Å². The van der Waals surface area contributed by atoms with E-state index in [-0.39, 0.29) is 16.2 Å². The fourth-order valence-corrected chi connectivity index (χ4v) is 3.75. The van der Waals surface area contributed by atoms with Crippen LogP contribution in [0.5, 0.6) is 0 Å². The molecule has 1 aromatic rings. The summed E-state index contributed by atoms with van der Waals surface area (Å²) in [6.07, 6.45) is 1.89. The highest BCUT2D eigenvalue weighted by Gasteiger charge is 2.28. The molecule has 1 heterocycles. The highest BCUT2D eigenvalue weighted by Crippen LogP contribution is 2.21. The van der Waals surface area contributed by atoms with Crippen LogP contribution < -0.4 is 10.0 Å². The smallest absolute Gasteiger partial charge is 0.250 e. The molecule has 0 bridgehead atoms. The molecule has 6 nitrogen and oxygen atoms in total. The average Bonchev–Trinajstić information content (AvgIpc) is 3.02. The number of hydrogen-bond acceptors (Lipinski definition) is 5. The van der Waals surface area contributed by atoms with Crippen molar-refractivity contribution < 1.29 is 13.2 Å². The molecule has 0 saturated heterocycles. The van der Waals surface area contributed by atoms with Gasteiger partial charge in [-0.3, -0.25) is 4.79 Å². The van der Waals surface area contributed by atoms with Crippen LogP contribution in [0, 0.1) is 11.3 Å². The average molecular weight is 299 g/mol. The lowest BCUT2D eigenvalue weighted by Crippen LogP contribution is -2.45. The summed E-state index contributed by atoms with van der Waals surface area (Å²) in [4.78, 5) is 12.0. The number of carbonyl (C=O) groups is 1. The Labute approximate surface area is 115 Å². The van der Waals surface area contributed by atoms with Gasteiger partial charge in [-0.15, -0.1) is 11.3 Å². The summed E-state index contributed by atoms with van der Waals surface area (Å²) in [5, 5.41) is 11.4. The SMILES string of the molecule is CC(NS(=O)(=O)c1ccc(C#N)s1)C(=O)NC1CC1. The molecule has 1 unspecified atom stereocenters. The summed E-state index contributed by atoms with van der Waals surface area (Å²) < 4.78 is 26.3. The third-order valence-electron chi connectivity index (χ3n) is 2.61. The standard InChI is InChI=1S/C11H13N3O3S2/c1-7(11(15)13-8-2-3-8)14-19(16,17)10-5-4-9(6-12)18-10/h4-5,7-8,14H,2-3H2,1H3,(H,13,15). The van der Waals surface area contributed by atoms with Crippen molar-refractivity contribution in [3.8, 4) is 6.07 Å². The van der Waals surface area contributed by atoms with Crippen LogP contribution in [0.1, 0.15) is 24.6 Å². The summed E-state index contributed by atoms with van der Waals surface area (Å²) in [5.74, 6) is -0.330. The molecule has 102 valence electrons. The molecule has 1 aromatic heterocycles. The molecule has 0 aliphatic heterocycles. The number of amides is 1. The molecule has 1 saturated carbocycles. The summed E-state index contributed by atoms with van der Waals surface area (Å²) in [7, 11) is -3.75. The number of thiophene rings is 1. The normalized spacial score (nSPS) is 16.6. The van der Waals surface area contributed by atoms with E-state index in [1.165, 1.54) is 19.1 Å². The molecule has 19 heavy (non-hydrogen) atoms. The highest BCUT2D eigenvalue weighted by atomic mass is 32.2. The summed E-state index contributed by atoms with van der Waals surface area (Å²) in [6.45, 7) is 1.49. The van der Waals surface area contributed by atoms with Crippen LogP contribution in [0.3, 0.4) is 0 Å². The lowest BCUT2D eigenvalue weighted by molar-refractivity contribution is -0.122. The van der Waals surface area contributed by atoms with Crippen LogP contribution >= 0.6 is 11.3 Å². The van der Waals surface area contributed by atoms with Gasteiger partial charge in [0.25, 0.3) is 10.0 Å². The van der Waals surface area contributed by atoms with E-state index in [0.29, 0.717) is 4.88 Å². The third-order valence-corrected chi connectivity index (χ3v) is 5.63. The first-order chi connectivity index (χ1) is 8.92. The summed E-state index contributed by atoms with van der Waals surface area (Å²) in [5.41, 5.74) is 0. The zero-order valence-electron chi connectivity index (χ0n) is 10.2. The van der Waals surface area contributed by atoms with Crippen LogP contribution in [0.4, 0.5) is 0 Å². The zero-order valence-corrected chi connectivity index (χ0v) is 11.8. The number of rotatable bonds is 5. The molecule has 1 atom stereocenters. The molecule has 2 N–H and O–H groups in total. The second-order valence-corrected chi connectivity index (χ2v) is 7.38. The number of nitriles is 1. The van der Waals surface area contributed by atoms with Gasteiger partial charge in [0.2, 0.25) is 5.91 Å². The molecule has 1 amide bonds. The van der Waals surface area contributed by atoms with E-state index in [9.17, 15) is 13.2 Å². The maximum atomic E-state index is 12.0. The predicted octanol–water partition coefficient (Wildman–Crippen LogP) is 0.565. The number of sulfonamides is 1. The second-order valence-electron chi connectivity index (χ2n) is 4.36. The fraction of sp³-hybridized carbons (Fsp3) is 0.455. The van der Waals surface area contributed by atoms with Gasteiger partial charge < -0.3 is 5.32 Å². The maximum absolute atomic E-state index is 12.0. The van der Waals surface area contributed by atoms with E-state index in [1.807, 2.05) is 6.07 Å². The van der Waals surface area contributed by atoms with E-state index in [0.717, 1.165) is 24.2 Å². The first-order valence-electron chi connectivity index (χ1n) is 5.75. The van der Waals surface area contributed by atoms with Crippen LogP contribution in [0.15, 0.2) is 16.3 Å². The van der Waals surface area contributed by atoms with Crippen molar-refractivity contribution in [1.82, 2.24) is 10.0 Å². The van der Waals surface area contributed by atoms with E-state index in [4.69, 9.17) is 5.26 Å². The summed E-state index contributed by atoms with van der Waals surface area (Å²) >= 11 is 0.876. The summed E-state index contributed by atoms with van der Waals surface area (Å²) in [6, 6.07) is 4.03. The molecule has 0 radical (unpaired) electrons. The topological polar surface area (TPSA) is 99.1 Å². The van der Waals surface area contributed by atoms with Crippen LogP contribution in [0.25, 0.3) is 0 Å². The van der Waals surface area contributed by atoms with E-state index in [2.05, 4.69) is 10.0 Å². The van der Waals surface area contributed by atoms with Gasteiger partial charge >= 0.3 is 0 Å². The van der Waals surface area contributed by atoms with Crippen LogP contribution in [0.2, 0.25) is 0 Å². The Bertz CT molecular complexity index is 626. The van der Waals surface area contributed by atoms with Gasteiger partial charge in [-0.05, 0) is 31.9 Å². The number of nitrogens with one attached hydrogen (secondary N) is 2. The Hall–Kier alpha value is -1.43. The lowest BCUT2D eigenvalue weighted by Gasteiger charge is -2.13. The molecule has 1 aliphatic carbocycles. The van der Waals surface area contributed by atoms with Gasteiger partial charge in [-0.1, -0.05) is 0 Å². The molecule has 1 aliphatic rings. The van der Waals surface area contributed by atoms with E-state index < -0.39 is 16.1 Å². The zero-order chi connectivity index (χ0) is 14.0. The highest BCUT2D eigenvalue weighted by molar-refractivity contribution is 7.91. The van der Waals surface area contributed by atoms with Gasteiger partial charge in [-0.25, -0.2) is 8.42 Å². The van der Waals surface area contributed by atoms with Crippen LogP contribution in [-0.2, 0) is 14.8 Å². The lowest BCUT2D eigenvalue weighted by atomic mass is 10.3. The minimum absolute atomic E-state index is 0.0371. The van der Waals surface area contributed by atoms with Crippen molar-refractivity contribution in [2.24, 2.45) is 0 Å². The Morgan fingerprint density at radius 3 is 2.74 bits per heavy atom. The van der Waals surface area contributed by atoms with E-state index >= 15 is 0 Å². The first kappa shape index (κ1) is 14.0. The quantitative estimate of drug-likeness (QED) is 0.830. The van der Waals surface area contributed by atoms with Gasteiger partial charge in [0.05, 0.1) is 6.04 Å². The molecule has 2 rings (SSSR count). The number of nitrogens with zero attached hydrogens (tertiary/aromatic N) is 1. The molecule has 0 aromatic carbocycles. The Morgan fingerprint density at radius 1 is 1.53 bits per heavy atom. The van der Waals surface area contributed by atoms with E-state index in [1.54, 1.807) is 0 Å². The van der Waals surface area contributed by atoms with Crippen molar-refractivity contribution in [1.29, 1.82) is 5.26 Å². The molecular formula is C11H13N3O3S2. The predicted molar refractivity (Wildman–Crippen MR) is 70.0 cm³/mol. The minimum Gasteiger partial charge on any atom is -0.352 e. The first-order valence-corrected chi connectivity index (χ1v) is 8.05. The molecule has 0 spiro atoms.